The lowest BCUT2D eigenvalue weighted by atomic mass is 10.2. The van der Waals surface area contributed by atoms with Crippen molar-refractivity contribution in [3.05, 3.63) is 146 Å². The van der Waals surface area contributed by atoms with Crippen LogP contribution in [0.15, 0.2) is 146 Å². The molecular weight excluding hydrogens is 552 g/mol. The zero-order valence-corrected chi connectivity index (χ0v) is 24.0. The molecule has 6 heterocycles. The number of para-hydroxylation sites is 3. The largest absolute Gasteiger partial charge is 0.309 e. The normalized spacial score (nSPS) is 12.0. The molecular formula is C39H24N6. The summed E-state index contributed by atoms with van der Waals surface area (Å²) in [5.41, 5.74) is 9.98. The minimum Gasteiger partial charge on any atom is -0.309 e. The molecule has 210 valence electrons. The van der Waals surface area contributed by atoms with Gasteiger partial charge in [-0.3, -0.25) is 15.0 Å². The minimum absolute atomic E-state index is 1.07. The van der Waals surface area contributed by atoms with Crippen molar-refractivity contribution in [2.45, 2.75) is 0 Å². The lowest BCUT2D eigenvalue weighted by molar-refractivity contribution is 1.09. The van der Waals surface area contributed by atoms with Crippen molar-refractivity contribution >= 4 is 65.4 Å². The third-order valence-corrected chi connectivity index (χ3v) is 9.08. The van der Waals surface area contributed by atoms with E-state index < -0.39 is 0 Å². The van der Waals surface area contributed by atoms with Gasteiger partial charge in [0.1, 0.15) is 0 Å². The average Bonchev–Trinajstić information content (AvgIpc) is 3.74. The van der Waals surface area contributed by atoms with Gasteiger partial charge < -0.3 is 13.7 Å². The molecule has 0 N–H and O–H groups in total. The predicted molar refractivity (Wildman–Crippen MR) is 183 cm³/mol. The second-order valence-corrected chi connectivity index (χ2v) is 11.4. The molecule has 0 aliphatic rings. The minimum atomic E-state index is 1.07. The third kappa shape index (κ3) is 3.36. The van der Waals surface area contributed by atoms with E-state index in [0.717, 1.165) is 66.3 Å². The Morgan fingerprint density at radius 2 is 0.600 bits per heavy atom. The maximum atomic E-state index is 4.49. The molecule has 0 saturated heterocycles. The van der Waals surface area contributed by atoms with Crippen LogP contribution in [0.3, 0.4) is 0 Å². The first-order chi connectivity index (χ1) is 22.3. The molecule has 6 nitrogen and oxygen atoms in total. The standard InChI is InChI=1S/C39H24N6/c1-4-10-34-28(7-1)31-22-40-16-13-37(31)43(34)25-19-26(44-35-11-5-2-8-29(35)32-23-41-17-14-38(32)44)21-27(20-25)45-36-12-6-3-9-30(36)33-24-42-18-15-39(33)45/h1-24H. The third-order valence-electron chi connectivity index (χ3n) is 9.08. The molecule has 0 saturated carbocycles. The number of pyridine rings is 3. The molecule has 0 amide bonds. The summed E-state index contributed by atoms with van der Waals surface area (Å²) in [6.07, 6.45) is 11.5. The van der Waals surface area contributed by atoms with Crippen molar-refractivity contribution in [3.63, 3.8) is 0 Å². The predicted octanol–water partition coefficient (Wildman–Crippen LogP) is 9.16. The molecule has 0 radical (unpaired) electrons. The topological polar surface area (TPSA) is 53.5 Å². The molecule has 10 aromatic rings. The summed E-state index contributed by atoms with van der Waals surface area (Å²) in [6, 6.07) is 39.0. The van der Waals surface area contributed by atoms with Crippen LogP contribution >= 0.6 is 0 Å². The van der Waals surface area contributed by atoms with Gasteiger partial charge in [-0.2, -0.15) is 0 Å². The Morgan fingerprint density at radius 3 is 0.933 bits per heavy atom. The summed E-state index contributed by atoms with van der Waals surface area (Å²) >= 11 is 0. The lowest BCUT2D eigenvalue weighted by Crippen LogP contribution is -2.03. The highest BCUT2D eigenvalue weighted by Crippen LogP contribution is 2.38. The molecule has 0 atom stereocenters. The van der Waals surface area contributed by atoms with E-state index in [0.29, 0.717) is 0 Å². The summed E-state index contributed by atoms with van der Waals surface area (Å²) in [6.45, 7) is 0. The van der Waals surface area contributed by atoms with E-state index in [4.69, 9.17) is 0 Å². The molecule has 0 aliphatic heterocycles. The average molecular weight is 577 g/mol. The highest BCUT2D eigenvalue weighted by molar-refractivity contribution is 6.11. The van der Waals surface area contributed by atoms with Crippen LogP contribution in [0.4, 0.5) is 0 Å². The van der Waals surface area contributed by atoms with Crippen LogP contribution in [0.1, 0.15) is 0 Å². The first-order valence-electron chi connectivity index (χ1n) is 15.0. The van der Waals surface area contributed by atoms with Gasteiger partial charge in [0.05, 0.1) is 50.2 Å². The SMILES string of the molecule is c1ccc2c(c1)c1cnccc1n2-c1cc(-n2c3ccccc3c3cnccc32)cc(-n2c3ccccc3c3cnccc32)c1. The van der Waals surface area contributed by atoms with E-state index in [1.807, 2.05) is 37.2 Å². The Balaban J connectivity index is 1.38. The van der Waals surface area contributed by atoms with Gasteiger partial charge in [-0.15, -0.1) is 0 Å². The van der Waals surface area contributed by atoms with E-state index in [2.05, 4.69) is 138 Å². The molecule has 6 aromatic heterocycles. The first-order valence-corrected chi connectivity index (χ1v) is 15.0. The van der Waals surface area contributed by atoms with Crippen molar-refractivity contribution in [3.8, 4) is 17.1 Å². The van der Waals surface area contributed by atoms with E-state index in [1.165, 1.54) is 16.2 Å². The molecule has 0 fully saturated rings. The highest BCUT2D eigenvalue weighted by Gasteiger charge is 2.19. The van der Waals surface area contributed by atoms with Gasteiger partial charge in [-0.25, -0.2) is 0 Å². The molecule has 0 aliphatic carbocycles. The van der Waals surface area contributed by atoms with Crippen molar-refractivity contribution < 1.29 is 0 Å². The quantitative estimate of drug-likeness (QED) is 0.211. The second-order valence-electron chi connectivity index (χ2n) is 11.4. The Labute approximate surface area is 257 Å². The monoisotopic (exact) mass is 576 g/mol. The van der Waals surface area contributed by atoms with Crippen LogP contribution < -0.4 is 0 Å². The highest BCUT2D eigenvalue weighted by atomic mass is 15.0. The molecule has 10 rings (SSSR count). The number of benzene rings is 4. The van der Waals surface area contributed by atoms with Crippen molar-refractivity contribution in [2.75, 3.05) is 0 Å². The number of hydrogen-bond donors (Lipinski definition) is 0. The lowest BCUT2D eigenvalue weighted by Gasteiger charge is -2.17. The Hall–Kier alpha value is -6.27. The molecule has 0 bridgehead atoms. The summed E-state index contributed by atoms with van der Waals surface area (Å²) < 4.78 is 7.10. The zero-order chi connectivity index (χ0) is 29.5. The fourth-order valence-electron chi connectivity index (χ4n) is 7.25. The van der Waals surface area contributed by atoms with Gasteiger partial charge in [0.25, 0.3) is 0 Å². The number of hydrogen-bond acceptors (Lipinski definition) is 3. The number of aromatic nitrogens is 6. The van der Waals surface area contributed by atoms with Crippen LogP contribution in [0.25, 0.3) is 82.5 Å². The van der Waals surface area contributed by atoms with E-state index >= 15 is 0 Å². The summed E-state index contributed by atoms with van der Waals surface area (Å²) in [5, 5.41) is 6.93. The number of fused-ring (bicyclic) bond motifs is 9. The maximum absolute atomic E-state index is 4.49. The maximum Gasteiger partial charge on any atom is 0.0571 e. The summed E-state index contributed by atoms with van der Waals surface area (Å²) in [5.74, 6) is 0. The van der Waals surface area contributed by atoms with Gasteiger partial charge in [0, 0.05) is 69.5 Å². The Kier molecular flexibility index (Phi) is 4.90. The molecule has 45 heavy (non-hydrogen) atoms. The van der Waals surface area contributed by atoms with Crippen LogP contribution in [0, 0.1) is 0 Å². The summed E-state index contributed by atoms with van der Waals surface area (Å²) in [4.78, 5) is 13.5. The van der Waals surface area contributed by atoms with Gasteiger partial charge in [-0.1, -0.05) is 54.6 Å². The van der Waals surface area contributed by atoms with Crippen LogP contribution in [-0.4, -0.2) is 28.7 Å². The smallest absolute Gasteiger partial charge is 0.0571 e. The van der Waals surface area contributed by atoms with Crippen LogP contribution in [0.5, 0.6) is 0 Å². The van der Waals surface area contributed by atoms with Gasteiger partial charge >= 0.3 is 0 Å². The number of rotatable bonds is 3. The van der Waals surface area contributed by atoms with Crippen LogP contribution in [-0.2, 0) is 0 Å². The van der Waals surface area contributed by atoms with E-state index in [-0.39, 0.29) is 0 Å². The second kappa shape index (κ2) is 9.11. The molecule has 0 spiro atoms. The van der Waals surface area contributed by atoms with Crippen molar-refractivity contribution in [1.82, 2.24) is 28.7 Å². The van der Waals surface area contributed by atoms with Gasteiger partial charge in [0.15, 0.2) is 0 Å². The van der Waals surface area contributed by atoms with Gasteiger partial charge in [0.2, 0.25) is 0 Å². The van der Waals surface area contributed by atoms with E-state index in [1.54, 1.807) is 0 Å². The molecule has 4 aromatic carbocycles. The summed E-state index contributed by atoms with van der Waals surface area (Å²) in [7, 11) is 0. The first kappa shape index (κ1) is 24.2. The van der Waals surface area contributed by atoms with E-state index in [9.17, 15) is 0 Å². The Morgan fingerprint density at radius 1 is 0.311 bits per heavy atom. The fraction of sp³-hybridized carbons (Fsp3) is 0. The van der Waals surface area contributed by atoms with Crippen molar-refractivity contribution in [1.29, 1.82) is 0 Å². The Bertz CT molecular complexity index is 2300. The zero-order valence-electron chi connectivity index (χ0n) is 24.0. The van der Waals surface area contributed by atoms with Crippen LogP contribution in [0.2, 0.25) is 0 Å². The molecule has 6 heteroatoms. The molecule has 0 unspecified atom stereocenters. The fourth-order valence-corrected chi connectivity index (χ4v) is 7.25. The number of nitrogens with zero attached hydrogens (tertiary/aromatic N) is 6. The van der Waals surface area contributed by atoms with Gasteiger partial charge in [-0.05, 0) is 54.6 Å². The van der Waals surface area contributed by atoms with Crippen molar-refractivity contribution in [2.24, 2.45) is 0 Å².